The lowest BCUT2D eigenvalue weighted by atomic mass is 9.86. The van der Waals surface area contributed by atoms with Crippen molar-refractivity contribution in [2.75, 3.05) is 33.3 Å². The maximum atomic E-state index is 12.9. The van der Waals surface area contributed by atoms with Gasteiger partial charge in [-0.2, -0.15) is 0 Å². The number of aryl methyl sites for hydroxylation is 2. The van der Waals surface area contributed by atoms with Gasteiger partial charge < -0.3 is 19.7 Å². The van der Waals surface area contributed by atoms with Gasteiger partial charge in [-0.05, 0) is 94.4 Å². The number of ether oxygens (including phenoxy) is 2. The van der Waals surface area contributed by atoms with Crippen molar-refractivity contribution in [3.63, 3.8) is 0 Å². The minimum Gasteiger partial charge on any atom is -0.497 e. The Balaban J connectivity index is 1.18. The molecule has 0 spiro atoms. The van der Waals surface area contributed by atoms with Gasteiger partial charge in [-0.3, -0.25) is 4.79 Å². The van der Waals surface area contributed by atoms with Gasteiger partial charge in [0.05, 0.1) is 7.11 Å². The number of allylic oxidation sites excluding steroid dienone is 3. The monoisotopic (exact) mass is 450 g/mol. The summed E-state index contributed by atoms with van der Waals surface area (Å²) in [5, 5.41) is 3.12. The van der Waals surface area contributed by atoms with Gasteiger partial charge in [-0.1, -0.05) is 29.8 Å². The third kappa shape index (κ3) is 5.52. The molecule has 1 aliphatic carbocycles. The number of amides is 1. The topological polar surface area (TPSA) is 50.8 Å². The van der Waals surface area contributed by atoms with E-state index in [4.69, 9.17) is 9.47 Å². The molecule has 0 saturated carbocycles. The Labute approximate surface area is 198 Å². The zero-order valence-electron chi connectivity index (χ0n) is 20.6. The van der Waals surface area contributed by atoms with Crippen molar-refractivity contribution in [1.82, 2.24) is 10.2 Å². The Hall–Kier alpha value is -2.53. The second-order valence-corrected chi connectivity index (χ2v) is 9.89. The molecule has 0 radical (unpaired) electrons. The van der Waals surface area contributed by atoms with Gasteiger partial charge in [-0.15, -0.1) is 0 Å². The molecule has 4 rings (SSSR count). The van der Waals surface area contributed by atoms with Crippen molar-refractivity contribution >= 4 is 5.91 Å². The van der Waals surface area contributed by atoms with E-state index in [-0.39, 0.29) is 5.91 Å². The van der Waals surface area contributed by atoms with E-state index in [0.29, 0.717) is 25.3 Å². The molecule has 1 amide bonds. The highest BCUT2D eigenvalue weighted by Gasteiger charge is 2.42. The zero-order valence-corrected chi connectivity index (χ0v) is 20.6. The fourth-order valence-electron chi connectivity index (χ4n) is 5.24. The van der Waals surface area contributed by atoms with Crippen LogP contribution in [-0.4, -0.2) is 49.7 Å². The van der Waals surface area contributed by atoms with Crippen LogP contribution in [0.5, 0.6) is 0 Å². The van der Waals surface area contributed by atoms with E-state index in [1.165, 1.54) is 29.5 Å². The van der Waals surface area contributed by atoms with E-state index in [9.17, 15) is 4.79 Å². The van der Waals surface area contributed by atoms with E-state index in [1.807, 2.05) is 25.2 Å². The molecule has 1 unspecified atom stereocenters. The molecule has 33 heavy (non-hydrogen) atoms. The van der Waals surface area contributed by atoms with Gasteiger partial charge in [0.1, 0.15) is 11.5 Å². The van der Waals surface area contributed by atoms with Crippen molar-refractivity contribution in [2.45, 2.75) is 64.4 Å². The van der Waals surface area contributed by atoms with Gasteiger partial charge in [0, 0.05) is 19.4 Å². The number of hydrogen-bond acceptors (Lipinski definition) is 4. The molecule has 1 aromatic rings. The van der Waals surface area contributed by atoms with Crippen LogP contribution in [0.1, 0.15) is 61.6 Å². The molecular formula is C28H38N2O3. The first-order valence-electron chi connectivity index (χ1n) is 12.3. The van der Waals surface area contributed by atoms with Crippen LogP contribution in [0.2, 0.25) is 0 Å². The van der Waals surface area contributed by atoms with Gasteiger partial charge in [0.25, 0.3) is 5.91 Å². The highest BCUT2D eigenvalue weighted by molar-refractivity contribution is 5.86. The molecule has 1 saturated heterocycles. The van der Waals surface area contributed by atoms with Crippen LogP contribution in [0.15, 0.2) is 53.5 Å². The minimum atomic E-state index is -0.822. The first-order valence-corrected chi connectivity index (χ1v) is 12.3. The highest BCUT2D eigenvalue weighted by atomic mass is 16.5. The maximum Gasteiger partial charge on any atom is 0.264 e. The molecule has 3 aliphatic rings. The van der Waals surface area contributed by atoms with Crippen LogP contribution < -0.4 is 5.32 Å². The Morgan fingerprint density at radius 1 is 1.24 bits per heavy atom. The molecule has 2 heterocycles. The van der Waals surface area contributed by atoms with Crippen molar-refractivity contribution in [1.29, 1.82) is 0 Å². The summed E-state index contributed by atoms with van der Waals surface area (Å²) in [5.41, 5.74) is 4.57. The van der Waals surface area contributed by atoms with Crippen LogP contribution in [0.4, 0.5) is 0 Å². The number of methoxy groups -OCH3 is 1. The van der Waals surface area contributed by atoms with Gasteiger partial charge in [0.15, 0.2) is 5.60 Å². The van der Waals surface area contributed by atoms with E-state index < -0.39 is 5.60 Å². The Morgan fingerprint density at radius 2 is 2.03 bits per heavy atom. The van der Waals surface area contributed by atoms with E-state index in [2.05, 4.69) is 42.3 Å². The molecule has 0 bridgehead atoms. The molecule has 5 nitrogen and oxygen atoms in total. The van der Waals surface area contributed by atoms with Crippen LogP contribution in [0, 0.1) is 13.8 Å². The molecule has 1 N–H and O–H groups in total. The maximum absolute atomic E-state index is 12.9. The summed E-state index contributed by atoms with van der Waals surface area (Å²) < 4.78 is 11.4. The number of likely N-dealkylation sites (tertiary alicyclic amines) is 1. The lowest BCUT2D eigenvalue weighted by Gasteiger charge is -2.33. The Morgan fingerprint density at radius 3 is 2.79 bits per heavy atom. The number of carbonyl (C=O) groups excluding carboxylic acids is 1. The average Bonchev–Trinajstić information content (AvgIpc) is 3.04. The second-order valence-electron chi connectivity index (χ2n) is 9.89. The van der Waals surface area contributed by atoms with Crippen molar-refractivity contribution in [3.8, 4) is 0 Å². The van der Waals surface area contributed by atoms with E-state index in [0.717, 1.165) is 43.1 Å². The molecule has 5 heteroatoms. The fourth-order valence-corrected chi connectivity index (χ4v) is 5.24. The van der Waals surface area contributed by atoms with Crippen LogP contribution in [0.3, 0.4) is 0 Å². The summed E-state index contributed by atoms with van der Waals surface area (Å²) in [6.45, 7) is 10.3. The molecule has 1 fully saturated rings. The Kier molecular flexibility index (Phi) is 7.28. The molecule has 2 aliphatic heterocycles. The summed E-state index contributed by atoms with van der Waals surface area (Å²) >= 11 is 0. The lowest BCUT2D eigenvalue weighted by molar-refractivity contribution is -0.138. The second kappa shape index (κ2) is 10.2. The first-order chi connectivity index (χ1) is 15.9. The van der Waals surface area contributed by atoms with Crippen LogP contribution in [-0.2, 0) is 14.3 Å². The average molecular weight is 451 g/mol. The normalized spacial score (nSPS) is 23.6. The smallest absolute Gasteiger partial charge is 0.264 e. The predicted molar refractivity (Wildman–Crippen MR) is 132 cm³/mol. The Bertz CT molecular complexity index is 969. The van der Waals surface area contributed by atoms with Crippen LogP contribution >= 0.6 is 0 Å². The number of nitrogens with zero attached hydrogens (tertiary/aromatic N) is 1. The van der Waals surface area contributed by atoms with Gasteiger partial charge >= 0.3 is 0 Å². The van der Waals surface area contributed by atoms with Crippen molar-refractivity contribution in [3.05, 3.63) is 70.2 Å². The number of rotatable bonds is 7. The van der Waals surface area contributed by atoms with Gasteiger partial charge in [-0.25, -0.2) is 0 Å². The fraction of sp³-hybridized carbons (Fsp3) is 0.536. The summed E-state index contributed by atoms with van der Waals surface area (Å²) in [4.78, 5) is 15.4. The quantitative estimate of drug-likeness (QED) is 0.600. The largest absolute Gasteiger partial charge is 0.497 e. The number of benzene rings is 1. The number of piperidine rings is 1. The third-order valence-corrected chi connectivity index (χ3v) is 7.29. The van der Waals surface area contributed by atoms with Crippen LogP contribution in [0.25, 0.3) is 0 Å². The SMILES string of the molecule is COC1=CCC2=C(C=C1)CC(C)(C(=O)NCCCN1CCC(c3cc(C)ccc3C)CC1)O2. The van der Waals surface area contributed by atoms with E-state index in [1.54, 1.807) is 7.11 Å². The first kappa shape index (κ1) is 23.6. The predicted octanol–water partition coefficient (Wildman–Crippen LogP) is 4.91. The molecule has 1 aromatic carbocycles. The lowest BCUT2D eigenvalue weighted by Crippen LogP contribution is -2.45. The number of carbonyl (C=O) groups is 1. The molecular weight excluding hydrogens is 412 g/mol. The summed E-state index contributed by atoms with van der Waals surface area (Å²) in [6, 6.07) is 6.83. The van der Waals surface area contributed by atoms with Gasteiger partial charge in [0.2, 0.25) is 0 Å². The third-order valence-electron chi connectivity index (χ3n) is 7.29. The van der Waals surface area contributed by atoms with E-state index >= 15 is 0 Å². The number of nitrogens with one attached hydrogen (secondary N) is 1. The molecule has 1 atom stereocenters. The van der Waals surface area contributed by atoms with Crippen molar-refractivity contribution < 1.29 is 14.3 Å². The highest BCUT2D eigenvalue weighted by Crippen LogP contribution is 2.38. The summed E-state index contributed by atoms with van der Waals surface area (Å²) in [6.07, 6.45) is 10.6. The zero-order chi connectivity index (χ0) is 23.4. The summed E-state index contributed by atoms with van der Waals surface area (Å²) in [5.74, 6) is 2.36. The molecule has 178 valence electrons. The standard InChI is InChI=1S/C28H38N2O3/c1-20-6-7-21(2)25(18-20)22-12-16-30(17-13-22)15-5-14-29-27(31)28(3)19-23-8-9-24(32-4)10-11-26(23)33-28/h6-10,18,22H,5,11-17,19H2,1-4H3,(H,29,31). The summed E-state index contributed by atoms with van der Waals surface area (Å²) in [7, 11) is 1.66. The van der Waals surface area contributed by atoms with Crippen molar-refractivity contribution in [2.24, 2.45) is 0 Å². The minimum absolute atomic E-state index is 0.0199. The number of hydrogen-bond donors (Lipinski definition) is 1. The molecule has 0 aromatic heterocycles.